The summed E-state index contributed by atoms with van der Waals surface area (Å²) < 4.78 is 19.3. The van der Waals surface area contributed by atoms with Crippen molar-refractivity contribution in [2.75, 3.05) is 12.8 Å². The Labute approximate surface area is 188 Å². The van der Waals surface area contributed by atoms with E-state index in [1.165, 1.54) is 6.07 Å². The Morgan fingerprint density at radius 1 is 1.25 bits per heavy atom. The minimum atomic E-state index is -0.213. The first-order chi connectivity index (χ1) is 12.8. The summed E-state index contributed by atoms with van der Waals surface area (Å²) in [4.78, 5) is 8.94. The molecule has 8 heteroatoms. The van der Waals surface area contributed by atoms with Crippen molar-refractivity contribution in [3.63, 3.8) is 0 Å². The van der Waals surface area contributed by atoms with Gasteiger partial charge in [-0.25, -0.2) is 14.4 Å². The Bertz CT molecular complexity index is 774. The predicted molar refractivity (Wildman–Crippen MR) is 126 cm³/mol. The largest absolute Gasteiger partial charge is 0.443 e. The van der Waals surface area contributed by atoms with Gasteiger partial charge in [0.25, 0.3) is 0 Å². The van der Waals surface area contributed by atoms with E-state index >= 15 is 0 Å². The molecule has 28 heavy (non-hydrogen) atoms. The highest BCUT2D eigenvalue weighted by atomic mass is 127. The fourth-order valence-corrected chi connectivity index (χ4v) is 3.02. The van der Waals surface area contributed by atoms with Crippen LogP contribution in [0.4, 0.5) is 4.39 Å². The monoisotopic (exact) mass is 520 g/mol. The zero-order valence-corrected chi connectivity index (χ0v) is 20.3. The highest BCUT2D eigenvalue weighted by molar-refractivity contribution is 14.0. The summed E-state index contributed by atoms with van der Waals surface area (Å²) in [5.41, 5.74) is 1.93. The second-order valence-electron chi connectivity index (χ2n) is 7.26. The first-order valence-corrected chi connectivity index (χ1v) is 10.5. The number of aromatic nitrogens is 1. The molecule has 1 aromatic carbocycles. The molecule has 2 rings (SSSR count). The van der Waals surface area contributed by atoms with Gasteiger partial charge in [0.1, 0.15) is 11.6 Å². The second kappa shape index (κ2) is 11.6. The zero-order chi connectivity index (χ0) is 19.9. The third-order valence-corrected chi connectivity index (χ3v) is 4.52. The molecule has 0 aliphatic rings. The lowest BCUT2D eigenvalue weighted by atomic mass is 9.94. The average molecular weight is 520 g/mol. The molecule has 0 aliphatic carbocycles. The third kappa shape index (κ3) is 7.62. The smallest absolute Gasteiger partial charge is 0.213 e. The molecular weight excluding hydrogens is 490 g/mol. The quantitative estimate of drug-likeness (QED) is 0.311. The van der Waals surface area contributed by atoms with Gasteiger partial charge in [-0.3, -0.25) is 0 Å². The van der Waals surface area contributed by atoms with Crippen LogP contribution >= 0.6 is 35.7 Å². The van der Waals surface area contributed by atoms with Crippen molar-refractivity contribution in [3.8, 4) is 0 Å². The van der Waals surface area contributed by atoms with E-state index in [0.717, 1.165) is 29.2 Å². The highest BCUT2D eigenvalue weighted by Crippen LogP contribution is 2.22. The molecule has 156 valence electrons. The van der Waals surface area contributed by atoms with Crippen LogP contribution in [0.5, 0.6) is 0 Å². The SMILES string of the molecule is CCNC(=NCc1ccc(F)cc1CSC)NCc1ncc(C(C)(C)C)o1.I. The maximum absolute atomic E-state index is 13.5. The van der Waals surface area contributed by atoms with Crippen LogP contribution in [0.3, 0.4) is 0 Å². The number of guanidine groups is 1. The van der Waals surface area contributed by atoms with Gasteiger partial charge < -0.3 is 15.1 Å². The van der Waals surface area contributed by atoms with Crippen LogP contribution in [0.15, 0.2) is 33.8 Å². The van der Waals surface area contributed by atoms with Crippen molar-refractivity contribution in [1.29, 1.82) is 0 Å². The highest BCUT2D eigenvalue weighted by Gasteiger charge is 2.19. The van der Waals surface area contributed by atoms with Crippen molar-refractivity contribution in [3.05, 3.63) is 53.0 Å². The standard InChI is InChI=1S/C20H29FN4OS.HI/c1-6-22-19(25-12-18-23-11-17(26-18)20(2,3)4)24-10-14-7-8-16(21)9-15(14)13-27-5;/h7-9,11H,6,10,12-13H2,1-5H3,(H2,22,24,25);1H. The molecule has 0 saturated heterocycles. The Kier molecular flexibility index (Phi) is 10.3. The summed E-state index contributed by atoms with van der Waals surface area (Å²) in [6.07, 6.45) is 3.78. The van der Waals surface area contributed by atoms with Crippen molar-refractivity contribution in [2.45, 2.75) is 52.0 Å². The van der Waals surface area contributed by atoms with Crippen LogP contribution in [-0.4, -0.2) is 23.7 Å². The summed E-state index contributed by atoms with van der Waals surface area (Å²) in [6.45, 7) is 9.94. The number of benzene rings is 1. The number of rotatable bonds is 7. The van der Waals surface area contributed by atoms with Gasteiger partial charge in [0.2, 0.25) is 5.89 Å². The van der Waals surface area contributed by atoms with Crippen LogP contribution in [0.25, 0.3) is 0 Å². The summed E-state index contributed by atoms with van der Waals surface area (Å²) in [5, 5.41) is 6.45. The summed E-state index contributed by atoms with van der Waals surface area (Å²) >= 11 is 1.67. The van der Waals surface area contributed by atoms with Gasteiger partial charge in [-0.1, -0.05) is 26.8 Å². The Morgan fingerprint density at radius 2 is 2.00 bits per heavy atom. The van der Waals surface area contributed by atoms with Crippen molar-refractivity contribution < 1.29 is 8.81 Å². The van der Waals surface area contributed by atoms with Crippen LogP contribution < -0.4 is 10.6 Å². The van der Waals surface area contributed by atoms with Gasteiger partial charge in [0.05, 0.1) is 19.3 Å². The summed E-state index contributed by atoms with van der Waals surface area (Å²) in [6, 6.07) is 4.87. The molecule has 0 fully saturated rings. The molecule has 1 aromatic heterocycles. The topological polar surface area (TPSA) is 62.5 Å². The molecule has 2 N–H and O–H groups in total. The van der Waals surface area contributed by atoms with E-state index in [2.05, 4.69) is 41.4 Å². The molecule has 0 unspecified atom stereocenters. The number of nitrogens with one attached hydrogen (secondary N) is 2. The van der Waals surface area contributed by atoms with Gasteiger partial charge in [-0.05, 0) is 36.4 Å². The Hall–Kier alpha value is -1.29. The van der Waals surface area contributed by atoms with E-state index in [-0.39, 0.29) is 35.2 Å². The number of aliphatic imine (C=N–C) groups is 1. The van der Waals surface area contributed by atoms with Crippen LogP contribution in [0.2, 0.25) is 0 Å². The minimum Gasteiger partial charge on any atom is -0.443 e. The normalized spacial score (nSPS) is 11.9. The number of oxazole rings is 1. The number of hydrogen-bond donors (Lipinski definition) is 2. The number of thioether (sulfide) groups is 1. The lowest BCUT2D eigenvalue weighted by Crippen LogP contribution is -2.36. The van der Waals surface area contributed by atoms with E-state index in [1.807, 2.05) is 13.2 Å². The van der Waals surface area contributed by atoms with E-state index in [1.54, 1.807) is 30.1 Å². The molecule has 0 bridgehead atoms. The fourth-order valence-electron chi connectivity index (χ4n) is 2.44. The van der Waals surface area contributed by atoms with E-state index in [0.29, 0.717) is 24.9 Å². The third-order valence-electron chi connectivity index (χ3n) is 3.92. The van der Waals surface area contributed by atoms with Crippen LogP contribution in [0, 0.1) is 5.82 Å². The maximum Gasteiger partial charge on any atom is 0.213 e. The fraction of sp³-hybridized carbons (Fsp3) is 0.500. The van der Waals surface area contributed by atoms with Crippen molar-refractivity contribution in [1.82, 2.24) is 15.6 Å². The molecule has 1 heterocycles. The molecule has 0 atom stereocenters. The molecule has 0 radical (unpaired) electrons. The van der Waals surface area contributed by atoms with Crippen molar-refractivity contribution >= 4 is 41.7 Å². The van der Waals surface area contributed by atoms with E-state index < -0.39 is 0 Å². The number of halogens is 2. The maximum atomic E-state index is 13.5. The van der Waals surface area contributed by atoms with Gasteiger partial charge in [-0.15, -0.1) is 24.0 Å². The Morgan fingerprint density at radius 3 is 2.61 bits per heavy atom. The summed E-state index contributed by atoms with van der Waals surface area (Å²) in [5.74, 6) is 2.70. The van der Waals surface area contributed by atoms with Gasteiger partial charge in [-0.2, -0.15) is 11.8 Å². The molecule has 0 spiro atoms. The number of hydrogen-bond acceptors (Lipinski definition) is 4. The zero-order valence-electron chi connectivity index (χ0n) is 17.1. The molecule has 0 aliphatic heterocycles. The van der Waals surface area contributed by atoms with Crippen molar-refractivity contribution in [2.24, 2.45) is 4.99 Å². The van der Waals surface area contributed by atoms with Gasteiger partial charge in [0, 0.05) is 17.7 Å². The first-order valence-electron chi connectivity index (χ1n) is 9.07. The number of nitrogens with zero attached hydrogens (tertiary/aromatic N) is 2. The second-order valence-corrected chi connectivity index (χ2v) is 8.13. The molecule has 5 nitrogen and oxygen atoms in total. The molecule has 0 amide bonds. The van der Waals surface area contributed by atoms with E-state index in [4.69, 9.17) is 4.42 Å². The lowest BCUT2D eigenvalue weighted by molar-refractivity contribution is 0.379. The van der Waals surface area contributed by atoms with Gasteiger partial charge in [0.15, 0.2) is 5.96 Å². The van der Waals surface area contributed by atoms with Gasteiger partial charge >= 0.3 is 0 Å². The Balaban J connectivity index is 0.00000392. The molecular formula is C20H30FIN4OS. The van der Waals surface area contributed by atoms with Crippen LogP contribution in [0.1, 0.15) is 50.5 Å². The average Bonchev–Trinajstić information content (AvgIpc) is 3.08. The predicted octanol–water partition coefficient (Wildman–Crippen LogP) is 4.85. The minimum absolute atomic E-state index is 0. The first kappa shape index (κ1) is 24.7. The van der Waals surface area contributed by atoms with E-state index in [9.17, 15) is 4.39 Å². The molecule has 0 saturated carbocycles. The van der Waals surface area contributed by atoms with Crippen LogP contribution in [-0.2, 0) is 24.3 Å². The summed E-state index contributed by atoms with van der Waals surface area (Å²) in [7, 11) is 0. The molecule has 2 aromatic rings. The lowest BCUT2D eigenvalue weighted by Gasteiger charge is -2.13.